The SMILES string of the molecule is CC1(O)CCCN(Cc2ccnc(Cl)c2)CC1. The Morgan fingerprint density at radius 2 is 2.29 bits per heavy atom. The zero-order valence-electron chi connectivity index (χ0n) is 10.2. The molecule has 0 aromatic carbocycles. The van der Waals surface area contributed by atoms with Gasteiger partial charge in [0, 0.05) is 19.3 Å². The van der Waals surface area contributed by atoms with E-state index in [9.17, 15) is 5.11 Å². The van der Waals surface area contributed by atoms with Gasteiger partial charge >= 0.3 is 0 Å². The van der Waals surface area contributed by atoms with E-state index in [0.717, 1.165) is 38.9 Å². The second-order valence-corrected chi connectivity index (χ2v) is 5.50. The Kier molecular flexibility index (Phi) is 4.02. The van der Waals surface area contributed by atoms with Gasteiger partial charge in [-0.15, -0.1) is 0 Å². The highest BCUT2D eigenvalue weighted by Gasteiger charge is 2.24. The fraction of sp³-hybridized carbons (Fsp3) is 0.615. The van der Waals surface area contributed by atoms with E-state index >= 15 is 0 Å². The Hall–Kier alpha value is -0.640. The normalized spacial score (nSPS) is 26.8. The van der Waals surface area contributed by atoms with Crippen molar-refractivity contribution in [3.63, 3.8) is 0 Å². The van der Waals surface area contributed by atoms with Crippen molar-refractivity contribution in [3.05, 3.63) is 29.0 Å². The molecule has 2 rings (SSSR count). The Morgan fingerprint density at radius 3 is 3.06 bits per heavy atom. The first-order valence-corrected chi connectivity index (χ1v) is 6.48. The number of aliphatic hydroxyl groups is 1. The van der Waals surface area contributed by atoms with Crippen LogP contribution in [0.15, 0.2) is 18.3 Å². The third-order valence-electron chi connectivity index (χ3n) is 3.35. The van der Waals surface area contributed by atoms with Crippen molar-refractivity contribution in [1.29, 1.82) is 0 Å². The van der Waals surface area contributed by atoms with Gasteiger partial charge in [0.25, 0.3) is 0 Å². The van der Waals surface area contributed by atoms with E-state index in [0.29, 0.717) is 5.15 Å². The minimum Gasteiger partial charge on any atom is -0.390 e. The van der Waals surface area contributed by atoms with Gasteiger partial charge in [0.15, 0.2) is 0 Å². The highest BCUT2D eigenvalue weighted by Crippen LogP contribution is 2.22. The lowest BCUT2D eigenvalue weighted by atomic mass is 9.98. The molecule has 1 atom stereocenters. The molecule has 1 aromatic rings. The van der Waals surface area contributed by atoms with Gasteiger partial charge in [-0.25, -0.2) is 4.98 Å². The molecule has 1 fully saturated rings. The van der Waals surface area contributed by atoms with Crippen LogP contribution in [0.2, 0.25) is 5.15 Å². The van der Waals surface area contributed by atoms with Crippen molar-refractivity contribution in [2.45, 2.75) is 38.3 Å². The number of aromatic nitrogens is 1. The number of rotatable bonds is 2. The first-order chi connectivity index (χ1) is 8.05. The van der Waals surface area contributed by atoms with Crippen molar-refractivity contribution in [2.75, 3.05) is 13.1 Å². The molecule has 94 valence electrons. The average Bonchev–Trinajstić information content (AvgIpc) is 2.41. The lowest BCUT2D eigenvalue weighted by Gasteiger charge is -2.22. The Bertz CT molecular complexity index is 381. The van der Waals surface area contributed by atoms with Crippen molar-refractivity contribution >= 4 is 11.6 Å². The number of halogens is 1. The van der Waals surface area contributed by atoms with Crippen LogP contribution in [-0.2, 0) is 6.54 Å². The van der Waals surface area contributed by atoms with Gasteiger partial charge in [-0.05, 0) is 50.4 Å². The fourth-order valence-corrected chi connectivity index (χ4v) is 2.47. The van der Waals surface area contributed by atoms with E-state index in [1.165, 1.54) is 5.56 Å². The summed E-state index contributed by atoms with van der Waals surface area (Å²) in [5.74, 6) is 0. The number of nitrogens with zero attached hydrogens (tertiary/aromatic N) is 2. The second kappa shape index (κ2) is 5.34. The van der Waals surface area contributed by atoms with Crippen molar-refractivity contribution in [1.82, 2.24) is 9.88 Å². The summed E-state index contributed by atoms with van der Waals surface area (Å²) < 4.78 is 0. The van der Waals surface area contributed by atoms with Crippen LogP contribution in [-0.4, -0.2) is 33.7 Å². The van der Waals surface area contributed by atoms with Gasteiger partial charge in [-0.2, -0.15) is 0 Å². The summed E-state index contributed by atoms with van der Waals surface area (Å²) in [4.78, 5) is 6.35. The van der Waals surface area contributed by atoms with Crippen LogP contribution in [0.3, 0.4) is 0 Å². The number of hydrogen-bond donors (Lipinski definition) is 1. The topological polar surface area (TPSA) is 36.4 Å². The first kappa shape index (κ1) is 12.8. The third-order valence-corrected chi connectivity index (χ3v) is 3.56. The average molecular weight is 255 g/mol. The molecule has 1 unspecified atom stereocenters. The largest absolute Gasteiger partial charge is 0.390 e. The molecule has 1 aromatic heterocycles. The molecule has 1 N–H and O–H groups in total. The Labute approximate surface area is 107 Å². The molecule has 0 saturated carbocycles. The van der Waals surface area contributed by atoms with Crippen molar-refractivity contribution in [3.8, 4) is 0 Å². The van der Waals surface area contributed by atoms with Gasteiger partial charge in [0.05, 0.1) is 5.60 Å². The monoisotopic (exact) mass is 254 g/mol. The van der Waals surface area contributed by atoms with E-state index in [1.54, 1.807) is 6.20 Å². The maximum atomic E-state index is 10.0. The lowest BCUT2D eigenvalue weighted by molar-refractivity contribution is 0.0444. The molecule has 2 heterocycles. The standard InChI is InChI=1S/C13H19ClN2O/c1-13(17)4-2-7-16(8-5-13)10-11-3-6-15-12(14)9-11/h3,6,9,17H,2,4-5,7-8,10H2,1H3. The van der Waals surface area contributed by atoms with E-state index < -0.39 is 5.60 Å². The molecule has 1 aliphatic heterocycles. The molecule has 0 aliphatic carbocycles. The summed E-state index contributed by atoms with van der Waals surface area (Å²) in [6.45, 7) is 4.79. The van der Waals surface area contributed by atoms with E-state index in [2.05, 4.69) is 9.88 Å². The molecule has 4 heteroatoms. The zero-order valence-corrected chi connectivity index (χ0v) is 11.0. The highest BCUT2D eigenvalue weighted by molar-refractivity contribution is 6.29. The minimum atomic E-state index is -0.495. The molecular formula is C13H19ClN2O. The summed E-state index contributed by atoms with van der Waals surface area (Å²) in [6, 6.07) is 3.90. The van der Waals surface area contributed by atoms with E-state index in [4.69, 9.17) is 11.6 Å². The third kappa shape index (κ3) is 3.95. The molecule has 1 aliphatic rings. The van der Waals surface area contributed by atoms with E-state index in [1.807, 2.05) is 19.1 Å². The van der Waals surface area contributed by atoms with Gasteiger partial charge in [0.2, 0.25) is 0 Å². The predicted molar refractivity (Wildman–Crippen MR) is 69.0 cm³/mol. The molecule has 17 heavy (non-hydrogen) atoms. The first-order valence-electron chi connectivity index (χ1n) is 6.10. The van der Waals surface area contributed by atoms with Crippen molar-refractivity contribution in [2.24, 2.45) is 0 Å². The number of likely N-dealkylation sites (tertiary alicyclic amines) is 1. The van der Waals surface area contributed by atoms with E-state index in [-0.39, 0.29) is 0 Å². The minimum absolute atomic E-state index is 0.495. The Morgan fingerprint density at radius 1 is 1.47 bits per heavy atom. The molecular weight excluding hydrogens is 236 g/mol. The van der Waals surface area contributed by atoms with Gasteiger partial charge in [-0.3, -0.25) is 4.90 Å². The van der Waals surface area contributed by atoms with Crippen LogP contribution in [0.1, 0.15) is 31.7 Å². The Balaban J connectivity index is 1.95. The maximum Gasteiger partial charge on any atom is 0.129 e. The molecule has 3 nitrogen and oxygen atoms in total. The quantitative estimate of drug-likeness (QED) is 0.824. The smallest absolute Gasteiger partial charge is 0.129 e. The van der Waals surface area contributed by atoms with Crippen LogP contribution in [0, 0.1) is 0 Å². The van der Waals surface area contributed by atoms with Crippen LogP contribution in [0.4, 0.5) is 0 Å². The zero-order chi connectivity index (χ0) is 12.3. The van der Waals surface area contributed by atoms with Crippen molar-refractivity contribution < 1.29 is 5.11 Å². The predicted octanol–water partition coefficient (Wildman–Crippen LogP) is 2.47. The molecule has 1 saturated heterocycles. The lowest BCUT2D eigenvalue weighted by Crippen LogP contribution is -2.28. The molecule has 0 bridgehead atoms. The summed E-state index contributed by atoms with van der Waals surface area (Å²) in [5, 5.41) is 10.6. The van der Waals surface area contributed by atoms with Crippen LogP contribution >= 0.6 is 11.6 Å². The molecule has 0 amide bonds. The van der Waals surface area contributed by atoms with Crippen LogP contribution < -0.4 is 0 Å². The number of pyridine rings is 1. The van der Waals surface area contributed by atoms with Crippen LogP contribution in [0.5, 0.6) is 0 Å². The molecule has 0 radical (unpaired) electrons. The van der Waals surface area contributed by atoms with Gasteiger partial charge < -0.3 is 5.11 Å². The van der Waals surface area contributed by atoms with Crippen LogP contribution in [0.25, 0.3) is 0 Å². The van der Waals surface area contributed by atoms with Gasteiger partial charge in [-0.1, -0.05) is 11.6 Å². The summed E-state index contributed by atoms with van der Waals surface area (Å²) in [6.07, 6.45) is 4.52. The summed E-state index contributed by atoms with van der Waals surface area (Å²) in [7, 11) is 0. The highest BCUT2D eigenvalue weighted by atomic mass is 35.5. The second-order valence-electron chi connectivity index (χ2n) is 5.11. The van der Waals surface area contributed by atoms with Gasteiger partial charge in [0.1, 0.15) is 5.15 Å². The summed E-state index contributed by atoms with van der Waals surface area (Å²) in [5.41, 5.74) is 0.691. The number of hydrogen-bond acceptors (Lipinski definition) is 3. The molecule has 0 spiro atoms. The summed E-state index contributed by atoms with van der Waals surface area (Å²) >= 11 is 5.87. The fourth-order valence-electron chi connectivity index (χ4n) is 2.28. The maximum absolute atomic E-state index is 10.0.